The molecular formula is C20H24ClN3O4S. The fraction of sp³-hybridized carbons (Fsp3) is 0.350. The van der Waals surface area contributed by atoms with Gasteiger partial charge in [0.1, 0.15) is 5.75 Å². The first-order valence-electron chi connectivity index (χ1n) is 9.21. The highest BCUT2D eigenvalue weighted by Gasteiger charge is 2.23. The minimum atomic E-state index is -3.14. The van der Waals surface area contributed by atoms with E-state index in [1.807, 2.05) is 37.3 Å². The lowest BCUT2D eigenvalue weighted by atomic mass is 10.2. The summed E-state index contributed by atoms with van der Waals surface area (Å²) in [4.78, 5) is 14.2. The predicted octanol–water partition coefficient (Wildman–Crippen LogP) is 2.75. The Labute approximate surface area is 176 Å². The monoisotopic (exact) mass is 437 g/mol. The van der Waals surface area contributed by atoms with Crippen LogP contribution >= 0.6 is 11.6 Å². The second-order valence-corrected chi connectivity index (χ2v) is 9.33. The van der Waals surface area contributed by atoms with Crippen molar-refractivity contribution in [1.82, 2.24) is 4.31 Å². The Morgan fingerprint density at radius 2 is 1.76 bits per heavy atom. The van der Waals surface area contributed by atoms with Crippen LogP contribution in [0.4, 0.5) is 11.4 Å². The van der Waals surface area contributed by atoms with Crippen LogP contribution in [0.1, 0.15) is 5.56 Å². The molecule has 9 heteroatoms. The number of benzene rings is 2. The number of carbonyl (C=O) groups excluding carboxylic acids is 1. The van der Waals surface area contributed by atoms with E-state index in [1.54, 1.807) is 12.1 Å². The van der Waals surface area contributed by atoms with Gasteiger partial charge in [-0.15, -0.1) is 0 Å². The molecule has 0 spiro atoms. The Morgan fingerprint density at radius 1 is 1.10 bits per heavy atom. The molecule has 0 unspecified atom stereocenters. The van der Waals surface area contributed by atoms with Gasteiger partial charge in [-0.3, -0.25) is 4.79 Å². The zero-order valence-corrected chi connectivity index (χ0v) is 18.0. The quantitative estimate of drug-likeness (QED) is 0.751. The van der Waals surface area contributed by atoms with Crippen LogP contribution in [-0.4, -0.2) is 57.7 Å². The Morgan fingerprint density at radius 3 is 2.34 bits per heavy atom. The molecule has 0 aromatic heterocycles. The third kappa shape index (κ3) is 5.85. The van der Waals surface area contributed by atoms with E-state index in [2.05, 4.69) is 10.2 Å². The SMILES string of the molecule is Cc1ccc(OCC(=O)Nc2ccc(N3CCN(S(C)(=O)=O)CC3)cc2)cc1Cl. The van der Waals surface area contributed by atoms with Gasteiger partial charge in [0.25, 0.3) is 5.91 Å². The van der Waals surface area contributed by atoms with E-state index in [9.17, 15) is 13.2 Å². The first-order chi connectivity index (χ1) is 13.7. The summed E-state index contributed by atoms with van der Waals surface area (Å²) >= 11 is 6.05. The van der Waals surface area contributed by atoms with Crippen molar-refractivity contribution in [2.24, 2.45) is 0 Å². The number of piperazine rings is 1. The molecule has 1 aliphatic rings. The van der Waals surface area contributed by atoms with Gasteiger partial charge in [0.15, 0.2) is 6.61 Å². The van der Waals surface area contributed by atoms with Gasteiger partial charge in [-0.2, -0.15) is 4.31 Å². The molecule has 2 aromatic carbocycles. The van der Waals surface area contributed by atoms with Crippen LogP contribution in [0.5, 0.6) is 5.75 Å². The van der Waals surface area contributed by atoms with Crippen molar-refractivity contribution >= 4 is 38.9 Å². The van der Waals surface area contributed by atoms with E-state index in [1.165, 1.54) is 10.6 Å². The topological polar surface area (TPSA) is 79.0 Å². The van der Waals surface area contributed by atoms with Crippen molar-refractivity contribution in [2.45, 2.75) is 6.92 Å². The van der Waals surface area contributed by atoms with Crippen molar-refractivity contribution in [3.05, 3.63) is 53.1 Å². The average molecular weight is 438 g/mol. The molecule has 1 amide bonds. The number of carbonyl (C=O) groups is 1. The normalized spacial score (nSPS) is 15.2. The predicted molar refractivity (Wildman–Crippen MR) is 115 cm³/mol. The molecule has 156 valence electrons. The standard InChI is InChI=1S/C20H24ClN3O4S/c1-15-3-8-18(13-19(15)21)28-14-20(25)22-16-4-6-17(7-5-16)23-9-11-24(12-10-23)29(2,26)27/h3-8,13H,9-12,14H2,1-2H3,(H,22,25). The number of hydrogen-bond acceptors (Lipinski definition) is 5. The van der Waals surface area contributed by atoms with E-state index in [0.29, 0.717) is 42.6 Å². The Balaban J connectivity index is 1.50. The molecule has 1 N–H and O–H groups in total. The van der Waals surface area contributed by atoms with E-state index < -0.39 is 10.0 Å². The largest absolute Gasteiger partial charge is 0.484 e. The lowest BCUT2D eigenvalue weighted by Gasteiger charge is -2.34. The lowest BCUT2D eigenvalue weighted by molar-refractivity contribution is -0.118. The summed E-state index contributed by atoms with van der Waals surface area (Å²) in [6.45, 7) is 3.98. The van der Waals surface area contributed by atoms with Crippen molar-refractivity contribution in [1.29, 1.82) is 0 Å². The molecule has 0 bridgehead atoms. The molecule has 1 fully saturated rings. The number of nitrogens with zero attached hydrogens (tertiary/aromatic N) is 2. The fourth-order valence-electron chi connectivity index (χ4n) is 3.04. The minimum Gasteiger partial charge on any atom is -0.484 e. The van der Waals surface area contributed by atoms with Crippen molar-refractivity contribution in [2.75, 3.05) is 49.3 Å². The number of sulfonamides is 1. The summed E-state index contributed by atoms with van der Waals surface area (Å²) in [5, 5.41) is 3.39. The third-order valence-corrected chi connectivity index (χ3v) is 6.45. The van der Waals surface area contributed by atoms with Crippen molar-refractivity contribution in [3.8, 4) is 5.75 Å². The van der Waals surface area contributed by atoms with Gasteiger partial charge in [-0.1, -0.05) is 17.7 Å². The maximum atomic E-state index is 12.1. The number of halogens is 1. The maximum absolute atomic E-state index is 12.1. The fourth-order valence-corrected chi connectivity index (χ4v) is 4.04. The molecule has 2 aromatic rings. The van der Waals surface area contributed by atoms with Gasteiger partial charge < -0.3 is 15.0 Å². The van der Waals surface area contributed by atoms with E-state index >= 15 is 0 Å². The minimum absolute atomic E-state index is 0.116. The number of aryl methyl sites for hydroxylation is 1. The summed E-state index contributed by atoms with van der Waals surface area (Å²) in [6, 6.07) is 12.7. The average Bonchev–Trinajstić information content (AvgIpc) is 2.69. The summed E-state index contributed by atoms with van der Waals surface area (Å²) in [7, 11) is -3.14. The summed E-state index contributed by atoms with van der Waals surface area (Å²) in [5.41, 5.74) is 2.60. The zero-order valence-electron chi connectivity index (χ0n) is 16.4. The summed E-state index contributed by atoms with van der Waals surface area (Å²) < 4.78 is 30.2. The first-order valence-corrected chi connectivity index (χ1v) is 11.4. The number of anilines is 2. The second kappa shape index (κ2) is 9.02. The van der Waals surface area contributed by atoms with Crippen LogP contribution in [0.2, 0.25) is 5.02 Å². The molecule has 0 radical (unpaired) electrons. The van der Waals surface area contributed by atoms with Gasteiger partial charge in [0.05, 0.1) is 6.26 Å². The number of ether oxygens (including phenoxy) is 1. The van der Waals surface area contributed by atoms with Crippen LogP contribution in [0.25, 0.3) is 0 Å². The van der Waals surface area contributed by atoms with Gasteiger partial charge >= 0.3 is 0 Å². The van der Waals surface area contributed by atoms with Gasteiger partial charge in [-0.25, -0.2) is 8.42 Å². The number of amides is 1. The Kier molecular flexibility index (Phi) is 6.66. The Hall–Kier alpha value is -2.29. The second-order valence-electron chi connectivity index (χ2n) is 6.94. The van der Waals surface area contributed by atoms with Crippen molar-refractivity contribution < 1.29 is 17.9 Å². The number of rotatable bonds is 6. The molecule has 0 aliphatic carbocycles. The number of nitrogens with one attached hydrogen (secondary N) is 1. The van der Waals surface area contributed by atoms with Crippen LogP contribution in [0, 0.1) is 6.92 Å². The third-order valence-electron chi connectivity index (χ3n) is 4.74. The molecule has 3 rings (SSSR count). The van der Waals surface area contributed by atoms with Crippen LogP contribution in [0.3, 0.4) is 0 Å². The van der Waals surface area contributed by atoms with Gasteiger partial charge in [-0.05, 0) is 48.9 Å². The van der Waals surface area contributed by atoms with Crippen LogP contribution < -0.4 is 15.0 Å². The highest BCUT2D eigenvalue weighted by molar-refractivity contribution is 7.88. The highest BCUT2D eigenvalue weighted by Crippen LogP contribution is 2.22. The maximum Gasteiger partial charge on any atom is 0.262 e. The molecule has 0 atom stereocenters. The van der Waals surface area contributed by atoms with Gasteiger partial charge in [0, 0.05) is 42.6 Å². The Bertz CT molecular complexity index is 972. The molecule has 1 saturated heterocycles. The molecule has 1 heterocycles. The summed E-state index contributed by atoms with van der Waals surface area (Å²) in [6.07, 6.45) is 1.23. The van der Waals surface area contributed by atoms with Gasteiger partial charge in [0.2, 0.25) is 10.0 Å². The summed E-state index contributed by atoms with van der Waals surface area (Å²) in [5.74, 6) is 0.274. The smallest absolute Gasteiger partial charge is 0.262 e. The van der Waals surface area contributed by atoms with Crippen LogP contribution in [0.15, 0.2) is 42.5 Å². The van der Waals surface area contributed by atoms with E-state index in [-0.39, 0.29) is 12.5 Å². The van der Waals surface area contributed by atoms with Crippen molar-refractivity contribution in [3.63, 3.8) is 0 Å². The lowest BCUT2D eigenvalue weighted by Crippen LogP contribution is -2.48. The van der Waals surface area contributed by atoms with E-state index in [4.69, 9.17) is 16.3 Å². The molecule has 29 heavy (non-hydrogen) atoms. The van der Waals surface area contributed by atoms with E-state index in [0.717, 1.165) is 11.3 Å². The molecule has 0 saturated carbocycles. The van der Waals surface area contributed by atoms with Crippen LogP contribution in [-0.2, 0) is 14.8 Å². The molecular weight excluding hydrogens is 414 g/mol. The molecule has 1 aliphatic heterocycles. The zero-order chi connectivity index (χ0) is 21.0. The highest BCUT2D eigenvalue weighted by atomic mass is 35.5. The molecule has 7 nitrogen and oxygen atoms in total. The number of hydrogen-bond donors (Lipinski definition) is 1. The first kappa shape index (κ1) is 21.4.